The van der Waals surface area contributed by atoms with Gasteiger partial charge in [0.25, 0.3) is 5.91 Å². The Morgan fingerprint density at radius 1 is 1.38 bits per heavy atom. The van der Waals surface area contributed by atoms with E-state index < -0.39 is 11.9 Å². The monoisotopic (exact) mass is 344 g/mol. The Balaban J connectivity index is 2.09. The number of aromatic nitrogens is 1. The quantitative estimate of drug-likeness (QED) is 0.890. The van der Waals surface area contributed by atoms with Gasteiger partial charge in [0.05, 0.1) is 22.8 Å². The molecule has 0 bridgehead atoms. The molecule has 1 aromatic heterocycles. The van der Waals surface area contributed by atoms with Crippen LogP contribution in [0.15, 0.2) is 18.2 Å². The van der Waals surface area contributed by atoms with Crippen LogP contribution in [0.4, 0.5) is 0 Å². The van der Waals surface area contributed by atoms with Gasteiger partial charge in [-0.3, -0.25) is 4.79 Å². The van der Waals surface area contributed by atoms with E-state index in [-0.39, 0.29) is 17.0 Å². The van der Waals surface area contributed by atoms with Gasteiger partial charge in [0.2, 0.25) is 0 Å². The Morgan fingerprint density at radius 3 is 2.71 bits per heavy atom. The number of carbonyl (C=O) groups is 2. The second-order valence-corrected chi connectivity index (χ2v) is 6.06. The highest BCUT2D eigenvalue weighted by Gasteiger charge is 2.15. The summed E-state index contributed by atoms with van der Waals surface area (Å²) in [6.45, 7) is 1.74. The maximum Gasteiger partial charge on any atom is 0.347 e. The zero-order chi connectivity index (χ0) is 15.6. The zero-order valence-corrected chi connectivity index (χ0v) is 13.1. The number of nitrogens with zero attached hydrogens (tertiary/aromatic N) is 1. The molecule has 0 atom stereocenters. The molecule has 5 nitrogen and oxygen atoms in total. The van der Waals surface area contributed by atoms with Crippen molar-refractivity contribution in [2.75, 3.05) is 0 Å². The molecule has 110 valence electrons. The first-order chi connectivity index (χ1) is 9.88. The van der Waals surface area contributed by atoms with Crippen LogP contribution in [-0.4, -0.2) is 22.0 Å². The fourth-order valence-corrected chi connectivity index (χ4v) is 2.87. The van der Waals surface area contributed by atoms with Crippen LogP contribution in [0, 0.1) is 6.92 Å². The summed E-state index contributed by atoms with van der Waals surface area (Å²) in [7, 11) is 0. The van der Waals surface area contributed by atoms with Crippen LogP contribution in [0.5, 0.6) is 0 Å². The number of rotatable bonds is 4. The number of nitrogens with one attached hydrogen (secondary N) is 1. The molecule has 0 spiro atoms. The number of carbonyl (C=O) groups excluding carboxylic acids is 1. The largest absolute Gasteiger partial charge is 0.477 e. The van der Waals surface area contributed by atoms with E-state index in [0.29, 0.717) is 20.7 Å². The Hall–Kier alpha value is -1.63. The summed E-state index contributed by atoms with van der Waals surface area (Å²) in [5.74, 6) is -1.42. The maximum absolute atomic E-state index is 12.0. The highest BCUT2D eigenvalue weighted by molar-refractivity contribution is 7.13. The number of carboxylic acid groups (broad SMARTS) is 1. The SMILES string of the molecule is Cc1nc(CNC(=O)c2cc(Cl)ccc2Cl)sc1C(=O)O. The predicted molar refractivity (Wildman–Crippen MR) is 81.4 cm³/mol. The Kier molecular flexibility index (Phi) is 4.82. The average Bonchev–Trinajstić information content (AvgIpc) is 2.80. The van der Waals surface area contributed by atoms with Crippen molar-refractivity contribution in [3.63, 3.8) is 0 Å². The molecule has 0 aliphatic rings. The van der Waals surface area contributed by atoms with E-state index in [0.717, 1.165) is 11.3 Å². The van der Waals surface area contributed by atoms with Gasteiger partial charge in [-0.15, -0.1) is 11.3 Å². The molecule has 0 fully saturated rings. The third-order valence-corrected chi connectivity index (χ3v) is 4.32. The van der Waals surface area contributed by atoms with Crippen molar-refractivity contribution < 1.29 is 14.7 Å². The molecule has 0 saturated heterocycles. The van der Waals surface area contributed by atoms with E-state index in [4.69, 9.17) is 28.3 Å². The minimum absolute atomic E-state index is 0.125. The lowest BCUT2D eigenvalue weighted by atomic mass is 10.2. The lowest BCUT2D eigenvalue weighted by Crippen LogP contribution is -2.23. The molecule has 0 saturated carbocycles. The fraction of sp³-hybridized carbons (Fsp3) is 0.154. The predicted octanol–water partition coefficient (Wildman–Crippen LogP) is 3.39. The minimum atomic E-state index is -1.03. The molecule has 2 N–H and O–H groups in total. The normalized spacial score (nSPS) is 10.4. The molecule has 8 heteroatoms. The number of hydrogen-bond donors (Lipinski definition) is 2. The molecule has 0 aliphatic carbocycles. The molecular formula is C13H10Cl2N2O3S. The molecule has 0 radical (unpaired) electrons. The van der Waals surface area contributed by atoms with Crippen LogP contribution in [-0.2, 0) is 6.54 Å². The lowest BCUT2D eigenvalue weighted by Gasteiger charge is -2.05. The van der Waals surface area contributed by atoms with Crippen LogP contribution in [0.2, 0.25) is 10.0 Å². The van der Waals surface area contributed by atoms with Gasteiger partial charge in [-0.2, -0.15) is 0 Å². The molecule has 21 heavy (non-hydrogen) atoms. The van der Waals surface area contributed by atoms with Gasteiger partial charge >= 0.3 is 5.97 Å². The molecular weight excluding hydrogens is 335 g/mol. The molecule has 0 aliphatic heterocycles. The van der Waals surface area contributed by atoms with Gasteiger partial charge < -0.3 is 10.4 Å². The minimum Gasteiger partial charge on any atom is -0.477 e. The highest BCUT2D eigenvalue weighted by Crippen LogP contribution is 2.21. The number of aryl methyl sites for hydroxylation is 1. The van der Waals surface area contributed by atoms with Crippen LogP contribution in [0.25, 0.3) is 0 Å². The number of benzene rings is 1. The van der Waals surface area contributed by atoms with Crippen LogP contribution >= 0.6 is 34.5 Å². The van der Waals surface area contributed by atoms with Crippen molar-refractivity contribution in [3.05, 3.63) is 49.4 Å². The summed E-state index contributed by atoms with van der Waals surface area (Å²) in [6.07, 6.45) is 0. The number of aromatic carboxylic acids is 1. The molecule has 2 aromatic rings. The smallest absolute Gasteiger partial charge is 0.347 e. The first kappa shape index (κ1) is 15.8. The average molecular weight is 345 g/mol. The van der Waals surface area contributed by atoms with Gasteiger partial charge in [0.15, 0.2) is 0 Å². The number of hydrogen-bond acceptors (Lipinski definition) is 4. The van der Waals surface area contributed by atoms with Crippen molar-refractivity contribution in [1.82, 2.24) is 10.3 Å². The van der Waals surface area contributed by atoms with Crippen molar-refractivity contribution in [2.24, 2.45) is 0 Å². The summed E-state index contributed by atoms with van der Waals surface area (Å²) in [5, 5.41) is 12.8. The van der Waals surface area contributed by atoms with Crippen LogP contribution in [0.3, 0.4) is 0 Å². The highest BCUT2D eigenvalue weighted by atomic mass is 35.5. The second kappa shape index (κ2) is 6.43. The first-order valence-corrected chi connectivity index (χ1v) is 7.38. The number of amides is 1. The van der Waals surface area contributed by atoms with Gasteiger partial charge in [0, 0.05) is 5.02 Å². The molecule has 0 unspecified atom stereocenters. The van der Waals surface area contributed by atoms with Gasteiger partial charge in [0.1, 0.15) is 9.88 Å². The third-order valence-electron chi connectivity index (χ3n) is 2.61. The topological polar surface area (TPSA) is 79.3 Å². The number of carboxylic acids is 1. The Labute approximate surface area is 134 Å². The van der Waals surface area contributed by atoms with Gasteiger partial charge in [-0.1, -0.05) is 23.2 Å². The fourth-order valence-electron chi connectivity index (χ4n) is 1.65. The number of thiazole rings is 1. The summed E-state index contributed by atoms with van der Waals surface area (Å²) < 4.78 is 0. The molecule has 2 rings (SSSR count). The van der Waals surface area contributed by atoms with Crippen molar-refractivity contribution in [3.8, 4) is 0 Å². The summed E-state index contributed by atoms with van der Waals surface area (Å²) in [4.78, 5) is 27.2. The van der Waals surface area contributed by atoms with E-state index in [9.17, 15) is 9.59 Å². The summed E-state index contributed by atoms with van der Waals surface area (Å²) in [5.41, 5.74) is 0.688. The van der Waals surface area contributed by atoms with Crippen LogP contribution < -0.4 is 5.32 Å². The van der Waals surface area contributed by atoms with Crippen molar-refractivity contribution >= 4 is 46.4 Å². The summed E-state index contributed by atoms with van der Waals surface area (Å²) >= 11 is 12.8. The first-order valence-electron chi connectivity index (χ1n) is 5.81. The molecule has 1 amide bonds. The molecule has 1 heterocycles. The van der Waals surface area contributed by atoms with E-state index in [2.05, 4.69) is 10.3 Å². The molecule has 1 aromatic carbocycles. The van der Waals surface area contributed by atoms with E-state index >= 15 is 0 Å². The number of halogens is 2. The van der Waals surface area contributed by atoms with Crippen molar-refractivity contribution in [1.29, 1.82) is 0 Å². The Bertz CT molecular complexity index is 715. The maximum atomic E-state index is 12.0. The van der Waals surface area contributed by atoms with Gasteiger partial charge in [-0.05, 0) is 25.1 Å². The van der Waals surface area contributed by atoms with Crippen molar-refractivity contribution in [2.45, 2.75) is 13.5 Å². The van der Waals surface area contributed by atoms with Crippen LogP contribution in [0.1, 0.15) is 30.7 Å². The summed E-state index contributed by atoms with van der Waals surface area (Å²) in [6, 6.07) is 4.59. The van der Waals surface area contributed by atoms with E-state index in [1.807, 2.05) is 0 Å². The lowest BCUT2D eigenvalue weighted by molar-refractivity contribution is 0.0701. The third kappa shape index (κ3) is 3.72. The van der Waals surface area contributed by atoms with E-state index in [1.54, 1.807) is 13.0 Å². The van der Waals surface area contributed by atoms with Gasteiger partial charge in [-0.25, -0.2) is 9.78 Å². The van der Waals surface area contributed by atoms with E-state index in [1.165, 1.54) is 12.1 Å². The Morgan fingerprint density at radius 2 is 2.10 bits per heavy atom. The standard InChI is InChI=1S/C13H10Cl2N2O3S/c1-6-11(13(19)20)21-10(17-6)5-16-12(18)8-4-7(14)2-3-9(8)15/h2-4H,5H2,1H3,(H,16,18)(H,19,20). The zero-order valence-electron chi connectivity index (χ0n) is 10.8. The second-order valence-electron chi connectivity index (χ2n) is 4.13.